The van der Waals surface area contributed by atoms with Crippen LogP contribution in [0.15, 0.2) is 22.7 Å². The maximum absolute atomic E-state index is 10.6. The summed E-state index contributed by atoms with van der Waals surface area (Å²) in [6.07, 6.45) is 5.71. The van der Waals surface area contributed by atoms with Crippen LogP contribution in [0.2, 0.25) is 0 Å². The second kappa shape index (κ2) is 6.07. The Morgan fingerprint density at radius 1 is 1.44 bits per heavy atom. The van der Waals surface area contributed by atoms with Crippen molar-refractivity contribution in [3.63, 3.8) is 0 Å². The van der Waals surface area contributed by atoms with Crippen molar-refractivity contribution in [3.8, 4) is 0 Å². The summed E-state index contributed by atoms with van der Waals surface area (Å²) in [5, 5.41) is 10.6. The summed E-state index contributed by atoms with van der Waals surface area (Å²) in [5.41, 5.74) is 7.45. The lowest BCUT2D eigenvalue weighted by Crippen LogP contribution is -2.21. The molecule has 2 rings (SSSR count). The fourth-order valence-corrected chi connectivity index (χ4v) is 3.66. The van der Waals surface area contributed by atoms with Crippen molar-refractivity contribution in [1.29, 1.82) is 0 Å². The number of benzene rings is 1. The van der Waals surface area contributed by atoms with E-state index in [4.69, 9.17) is 5.73 Å². The molecule has 0 saturated heterocycles. The van der Waals surface area contributed by atoms with Gasteiger partial charge in [-0.3, -0.25) is 0 Å². The fourth-order valence-electron chi connectivity index (χ4n) is 3.03. The molecule has 0 heterocycles. The predicted octanol–water partition coefficient (Wildman–Crippen LogP) is 4.28. The average Bonchev–Trinajstić information content (AvgIpc) is 2.38. The number of halogens is 1. The molecule has 3 heteroatoms. The van der Waals surface area contributed by atoms with Crippen molar-refractivity contribution < 1.29 is 5.11 Å². The van der Waals surface area contributed by atoms with Crippen LogP contribution in [0.4, 0.5) is 5.69 Å². The highest BCUT2D eigenvalue weighted by atomic mass is 79.9. The Hall–Kier alpha value is -0.540. The minimum atomic E-state index is -0.366. The minimum absolute atomic E-state index is 0.366. The number of anilines is 1. The van der Waals surface area contributed by atoms with Crippen LogP contribution in [0, 0.1) is 11.8 Å². The van der Waals surface area contributed by atoms with Gasteiger partial charge >= 0.3 is 0 Å². The topological polar surface area (TPSA) is 46.2 Å². The molecule has 1 aliphatic rings. The summed E-state index contributed by atoms with van der Waals surface area (Å²) in [5.74, 6) is 1.18. The summed E-state index contributed by atoms with van der Waals surface area (Å²) in [4.78, 5) is 0. The second-order valence-electron chi connectivity index (χ2n) is 5.43. The molecule has 2 nitrogen and oxygen atoms in total. The number of hydrogen-bond donors (Lipinski definition) is 2. The van der Waals surface area contributed by atoms with Gasteiger partial charge < -0.3 is 10.8 Å². The van der Waals surface area contributed by atoms with Gasteiger partial charge in [0, 0.05) is 10.2 Å². The first-order chi connectivity index (χ1) is 8.61. The lowest BCUT2D eigenvalue weighted by atomic mass is 9.76. The molecule has 1 aliphatic carbocycles. The van der Waals surface area contributed by atoms with E-state index < -0.39 is 0 Å². The molecule has 100 valence electrons. The molecule has 18 heavy (non-hydrogen) atoms. The predicted molar refractivity (Wildman–Crippen MR) is 79.3 cm³/mol. The summed E-state index contributed by atoms with van der Waals surface area (Å²) in [7, 11) is 0. The van der Waals surface area contributed by atoms with Gasteiger partial charge in [0.15, 0.2) is 0 Å². The van der Waals surface area contributed by atoms with Gasteiger partial charge in [-0.05, 0) is 42.4 Å². The summed E-state index contributed by atoms with van der Waals surface area (Å²) in [6, 6.07) is 5.68. The van der Waals surface area contributed by atoms with E-state index in [-0.39, 0.29) is 6.10 Å². The average molecular weight is 312 g/mol. The third-order valence-electron chi connectivity index (χ3n) is 4.19. The molecule has 1 aromatic carbocycles. The Bertz CT molecular complexity index is 407. The molecule has 0 spiro atoms. The summed E-state index contributed by atoms with van der Waals surface area (Å²) < 4.78 is 0.925. The third-order valence-corrected chi connectivity index (χ3v) is 4.88. The Balaban J connectivity index is 2.12. The van der Waals surface area contributed by atoms with E-state index in [1.807, 2.05) is 18.2 Å². The molecule has 1 aromatic rings. The molecular formula is C15H22BrNO. The maximum atomic E-state index is 10.6. The Morgan fingerprint density at radius 3 is 2.89 bits per heavy atom. The van der Waals surface area contributed by atoms with Gasteiger partial charge in [0.05, 0.1) is 6.10 Å². The molecule has 3 atom stereocenters. The van der Waals surface area contributed by atoms with Gasteiger partial charge in [0.2, 0.25) is 0 Å². The number of nitrogen functional groups attached to an aromatic ring is 1. The van der Waals surface area contributed by atoms with Crippen LogP contribution < -0.4 is 5.73 Å². The highest BCUT2D eigenvalue weighted by Gasteiger charge is 2.28. The van der Waals surface area contributed by atoms with E-state index in [1.165, 1.54) is 19.3 Å². The van der Waals surface area contributed by atoms with Crippen molar-refractivity contribution in [1.82, 2.24) is 0 Å². The molecule has 3 unspecified atom stereocenters. The van der Waals surface area contributed by atoms with Gasteiger partial charge in [0.1, 0.15) is 0 Å². The SMILES string of the molecule is CCC1CCCC(C(O)c2ccc(N)cc2Br)C1. The van der Waals surface area contributed by atoms with Crippen LogP contribution in [0.25, 0.3) is 0 Å². The van der Waals surface area contributed by atoms with Gasteiger partial charge in [-0.25, -0.2) is 0 Å². The lowest BCUT2D eigenvalue weighted by Gasteiger charge is -2.32. The largest absolute Gasteiger partial charge is 0.399 e. The van der Waals surface area contributed by atoms with Crippen molar-refractivity contribution in [2.75, 3.05) is 5.73 Å². The molecule has 0 amide bonds. The van der Waals surface area contributed by atoms with Crippen LogP contribution in [-0.2, 0) is 0 Å². The van der Waals surface area contributed by atoms with E-state index in [0.717, 1.165) is 34.5 Å². The Morgan fingerprint density at radius 2 is 2.22 bits per heavy atom. The zero-order valence-electron chi connectivity index (χ0n) is 10.9. The van der Waals surface area contributed by atoms with Crippen LogP contribution in [0.1, 0.15) is 50.7 Å². The lowest BCUT2D eigenvalue weighted by molar-refractivity contribution is 0.0673. The van der Waals surface area contributed by atoms with Crippen molar-refractivity contribution in [2.45, 2.75) is 45.1 Å². The Labute approximate surface area is 118 Å². The summed E-state index contributed by atoms with van der Waals surface area (Å²) in [6.45, 7) is 2.25. The zero-order valence-corrected chi connectivity index (χ0v) is 12.5. The molecule has 3 N–H and O–H groups in total. The van der Waals surface area contributed by atoms with Crippen molar-refractivity contribution in [2.24, 2.45) is 11.8 Å². The first-order valence-corrected chi connectivity index (χ1v) is 7.64. The summed E-state index contributed by atoms with van der Waals surface area (Å²) >= 11 is 3.51. The number of nitrogens with two attached hydrogens (primary N) is 1. The minimum Gasteiger partial charge on any atom is -0.399 e. The van der Waals surface area contributed by atoms with E-state index in [9.17, 15) is 5.11 Å². The number of rotatable bonds is 3. The van der Waals surface area contributed by atoms with Crippen LogP contribution >= 0.6 is 15.9 Å². The standard InChI is InChI=1S/C15H22BrNO/c1-2-10-4-3-5-11(8-10)15(18)13-7-6-12(17)9-14(13)16/h6-7,9-11,15,18H,2-5,8,17H2,1H3. The quantitative estimate of drug-likeness (QED) is 0.818. The van der Waals surface area contributed by atoms with Crippen LogP contribution in [0.3, 0.4) is 0 Å². The molecule has 0 aliphatic heterocycles. The highest BCUT2D eigenvalue weighted by Crippen LogP contribution is 2.40. The monoisotopic (exact) mass is 311 g/mol. The second-order valence-corrected chi connectivity index (χ2v) is 6.28. The van der Waals surface area contributed by atoms with E-state index in [0.29, 0.717) is 5.92 Å². The van der Waals surface area contributed by atoms with Crippen molar-refractivity contribution >= 4 is 21.6 Å². The van der Waals surface area contributed by atoms with Crippen LogP contribution in [-0.4, -0.2) is 5.11 Å². The van der Waals surface area contributed by atoms with Gasteiger partial charge in [-0.15, -0.1) is 0 Å². The van der Waals surface area contributed by atoms with Gasteiger partial charge in [0.25, 0.3) is 0 Å². The highest BCUT2D eigenvalue weighted by molar-refractivity contribution is 9.10. The fraction of sp³-hybridized carbons (Fsp3) is 0.600. The van der Waals surface area contributed by atoms with Gasteiger partial charge in [-0.1, -0.05) is 48.2 Å². The first-order valence-electron chi connectivity index (χ1n) is 6.84. The van der Waals surface area contributed by atoms with Crippen LogP contribution in [0.5, 0.6) is 0 Å². The molecule has 1 fully saturated rings. The number of hydrogen-bond acceptors (Lipinski definition) is 2. The molecule has 0 bridgehead atoms. The maximum Gasteiger partial charge on any atom is 0.0829 e. The van der Waals surface area contributed by atoms with Crippen molar-refractivity contribution in [3.05, 3.63) is 28.2 Å². The normalized spacial score (nSPS) is 25.9. The molecule has 0 aromatic heterocycles. The molecule has 0 radical (unpaired) electrons. The van der Waals surface area contributed by atoms with E-state index >= 15 is 0 Å². The molecular weight excluding hydrogens is 290 g/mol. The zero-order chi connectivity index (χ0) is 13.1. The molecule has 1 saturated carbocycles. The van der Waals surface area contributed by atoms with E-state index in [2.05, 4.69) is 22.9 Å². The van der Waals surface area contributed by atoms with Gasteiger partial charge in [-0.2, -0.15) is 0 Å². The first kappa shape index (κ1) is 13.9. The smallest absolute Gasteiger partial charge is 0.0829 e. The third kappa shape index (κ3) is 3.07. The number of aliphatic hydroxyl groups is 1. The number of aliphatic hydroxyl groups excluding tert-OH is 1. The Kier molecular flexibility index (Phi) is 4.68. The van der Waals surface area contributed by atoms with E-state index in [1.54, 1.807) is 0 Å².